The normalized spacial score (nSPS) is 18.2. The third-order valence-electron chi connectivity index (χ3n) is 2.76. The fourth-order valence-electron chi connectivity index (χ4n) is 1.82. The number of carbonyl (C=O) groups excluding carboxylic acids is 1. The van der Waals surface area contributed by atoms with Gasteiger partial charge in [-0.2, -0.15) is 5.26 Å². The van der Waals surface area contributed by atoms with Gasteiger partial charge >= 0.3 is 5.97 Å². The van der Waals surface area contributed by atoms with Crippen molar-refractivity contribution in [1.29, 1.82) is 5.26 Å². The lowest BCUT2D eigenvalue weighted by molar-refractivity contribution is -0.137. The van der Waals surface area contributed by atoms with Crippen LogP contribution >= 0.6 is 0 Å². The van der Waals surface area contributed by atoms with Crippen molar-refractivity contribution >= 4 is 16.0 Å². The summed E-state index contributed by atoms with van der Waals surface area (Å²) < 4.78 is 30.0. The molecule has 0 aromatic rings. The molecule has 102 valence electrons. The molecular formula is C10H17N3O4S. The fraction of sp³-hybridized carbons (Fsp3) is 0.800. The Morgan fingerprint density at radius 3 is 2.61 bits per heavy atom. The molecule has 18 heavy (non-hydrogen) atoms. The Hall–Kier alpha value is -1.17. The number of sulfonamides is 1. The van der Waals surface area contributed by atoms with E-state index in [2.05, 4.69) is 15.5 Å². The average molecular weight is 275 g/mol. The number of nitriles is 1. The molecular weight excluding hydrogens is 258 g/mol. The fourth-order valence-corrected chi connectivity index (χ4v) is 3.07. The summed E-state index contributed by atoms with van der Waals surface area (Å²) in [6.45, 7) is 1.72. The van der Waals surface area contributed by atoms with E-state index in [0.29, 0.717) is 32.5 Å². The summed E-state index contributed by atoms with van der Waals surface area (Å²) in [6, 6.07) is 1.89. The van der Waals surface area contributed by atoms with Crippen LogP contribution < -0.4 is 4.72 Å². The van der Waals surface area contributed by atoms with Crippen molar-refractivity contribution < 1.29 is 17.9 Å². The number of nitrogens with zero attached hydrogens (tertiary/aromatic N) is 2. The van der Waals surface area contributed by atoms with E-state index < -0.39 is 21.7 Å². The van der Waals surface area contributed by atoms with Crippen LogP contribution in [-0.2, 0) is 19.6 Å². The molecule has 1 aliphatic heterocycles. The number of nitrogens with one attached hydrogen (secondary N) is 1. The molecule has 1 N–H and O–H groups in total. The van der Waals surface area contributed by atoms with Gasteiger partial charge in [0.25, 0.3) is 0 Å². The Kier molecular flexibility index (Phi) is 5.53. The van der Waals surface area contributed by atoms with Crippen molar-refractivity contribution in [1.82, 2.24) is 9.62 Å². The van der Waals surface area contributed by atoms with Gasteiger partial charge in [0.05, 0.1) is 19.7 Å². The maximum atomic E-state index is 11.6. The summed E-state index contributed by atoms with van der Waals surface area (Å²) in [6.07, 6.45) is 1.28. The second kappa shape index (κ2) is 6.68. The van der Waals surface area contributed by atoms with Crippen molar-refractivity contribution in [2.24, 2.45) is 0 Å². The predicted molar refractivity (Wildman–Crippen MR) is 64.0 cm³/mol. The lowest BCUT2D eigenvalue weighted by Gasteiger charge is -2.30. The molecule has 0 aliphatic carbocycles. The van der Waals surface area contributed by atoms with Gasteiger partial charge in [0.2, 0.25) is 10.0 Å². The molecule has 0 bridgehead atoms. The Balaban J connectivity index is 2.41. The van der Waals surface area contributed by atoms with E-state index in [1.54, 1.807) is 0 Å². The van der Waals surface area contributed by atoms with E-state index in [1.165, 1.54) is 0 Å². The number of methoxy groups -OCH3 is 1. The van der Waals surface area contributed by atoms with Crippen molar-refractivity contribution in [2.75, 3.05) is 32.5 Å². The summed E-state index contributed by atoms with van der Waals surface area (Å²) >= 11 is 0. The van der Waals surface area contributed by atoms with E-state index in [0.717, 1.165) is 7.11 Å². The van der Waals surface area contributed by atoms with Gasteiger partial charge in [-0.25, -0.2) is 13.1 Å². The average Bonchev–Trinajstić information content (AvgIpc) is 2.31. The highest BCUT2D eigenvalue weighted by Crippen LogP contribution is 2.10. The van der Waals surface area contributed by atoms with E-state index in [1.807, 2.05) is 4.90 Å². The zero-order chi connectivity index (χ0) is 13.6. The summed E-state index contributed by atoms with van der Waals surface area (Å²) in [7, 11) is -2.48. The number of rotatable bonds is 5. The first-order chi connectivity index (χ1) is 8.46. The number of ether oxygens (including phenoxy) is 1. The van der Waals surface area contributed by atoms with Crippen molar-refractivity contribution in [3.05, 3.63) is 0 Å². The third kappa shape index (κ3) is 5.00. The SMILES string of the molecule is COC(=O)CS(=O)(=O)NC1CCN(CC#N)CC1. The summed E-state index contributed by atoms with van der Waals surface area (Å²) in [5, 5.41) is 8.54. The smallest absolute Gasteiger partial charge is 0.322 e. The number of piperidine rings is 1. The van der Waals surface area contributed by atoms with Gasteiger partial charge in [-0.15, -0.1) is 0 Å². The van der Waals surface area contributed by atoms with Crippen LogP contribution in [0.5, 0.6) is 0 Å². The van der Waals surface area contributed by atoms with Crippen LogP contribution in [0, 0.1) is 11.3 Å². The van der Waals surface area contributed by atoms with Gasteiger partial charge in [0.1, 0.15) is 0 Å². The first-order valence-corrected chi connectivity index (χ1v) is 7.28. The molecule has 8 heteroatoms. The topological polar surface area (TPSA) is 99.5 Å². The lowest BCUT2D eigenvalue weighted by atomic mass is 10.1. The first-order valence-electron chi connectivity index (χ1n) is 5.63. The molecule has 0 unspecified atom stereocenters. The van der Waals surface area contributed by atoms with E-state index in [9.17, 15) is 13.2 Å². The third-order valence-corrected chi connectivity index (χ3v) is 4.07. The van der Waals surface area contributed by atoms with Gasteiger partial charge in [-0.05, 0) is 12.8 Å². The molecule has 0 aromatic carbocycles. The molecule has 1 aliphatic rings. The standard InChI is InChI=1S/C10H17N3O4S/c1-17-10(14)8-18(15,16)12-9-2-5-13(6-3-9)7-4-11/h9,12H,2-3,5-8H2,1H3. The number of likely N-dealkylation sites (tertiary alicyclic amines) is 1. The monoisotopic (exact) mass is 275 g/mol. The second-order valence-electron chi connectivity index (χ2n) is 4.16. The molecule has 1 saturated heterocycles. The number of hydrogen-bond acceptors (Lipinski definition) is 6. The van der Waals surface area contributed by atoms with Crippen LogP contribution in [0.25, 0.3) is 0 Å². The Morgan fingerprint density at radius 1 is 1.50 bits per heavy atom. The Morgan fingerprint density at radius 2 is 2.11 bits per heavy atom. The maximum Gasteiger partial charge on any atom is 0.322 e. The number of carbonyl (C=O) groups is 1. The highest BCUT2D eigenvalue weighted by molar-refractivity contribution is 7.90. The zero-order valence-corrected chi connectivity index (χ0v) is 11.1. The summed E-state index contributed by atoms with van der Waals surface area (Å²) in [4.78, 5) is 12.9. The molecule has 0 atom stereocenters. The molecule has 0 aromatic heterocycles. The number of esters is 1. The van der Waals surface area contributed by atoms with Crippen molar-refractivity contribution in [3.63, 3.8) is 0 Å². The van der Waals surface area contributed by atoms with Gasteiger partial charge < -0.3 is 4.74 Å². The molecule has 1 fully saturated rings. The van der Waals surface area contributed by atoms with Gasteiger partial charge in [0.15, 0.2) is 5.75 Å². The van der Waals surface area contributed by atoms with Crippen LogP contribution in [0.4, 0.5) is 0 Å². The minimum atomic E-state index is -3.63. The van der Waals surface area contributed by atoms with Gasteiger partial charge in [-0.1, -0.05) is 0 Å². The van der Waals surface area contributed by atoms with Crippen molar-refractivity contribution in [3.8, 4) is 6.07 Å². The molecule has 0 amide bonds. The highest BCUT2D eigenvalue weighted by atomic mass is 32.2. The van der Waals surface area contributed by atoms with E-state index in [-0.39, 0.29) is 6.04 Å². The van der Waals surface area contributed by atoms with Gasteiger partial charge in [-0.3, -0.25) is 9.69 Å². The minimum Gasteiger partial charge on any atom is -0.468 e. The lowest BCUT2D eigenvalue weighted by Crippen LogP contribution is -2.46. The predicted octanol–water partition coefficient (Wildman–Crippen LogP) is -0.933. The first kappa shape index (κ1) is 14.9. The highest BCUT2D eigenvalue weighted by Gasteiger charge is 2.25. The Labute approximate surface area is 107 Å². The summed E-state index contributed by atoms with van der Waals surface area (Å²) in [5.41, 5.74) is 0. The van der Waals surface area contributed by atoms with E-state index in [4.69, 9.17) is 5.26 Å². The van der Waals surface area contributed by atoms with Crippen LogP contribution in [0.3, 0.4) is 0 Å². The van der Waals surface area contributed by atoms with Crippen LogP contribution in [0.1, 0.15) is 12.8 Å². The largest absolute Gasteiger partial charge is 0.468 e. The van der Waals surface area contributed by atoms with Gasteiger partial charge in [0, 0.05) is 19.1 Å². The Bertz CT molecular complexity index is 421. The molecule has 0 saturated carbocycles. The number of hydrogen-bond donors (Lipinski definition) is 1. The minimum absolute atomic E-state index is 0.172. The summed E-state index contributed by atoms with van der Waals surface area (Å²) in [5.74, 6) is -1.42. The molecule has 0 radical (unpaired) electrons. The quantitative estimate of drug-likeness (QED) is 0.514. The molecule has 7 nitrogen and oxygen atoms in total. The van der Waals surface area contributed by atoms with Crippen molar-refractivity contribution in [2.45, 2.75) is 18.9 Å². The molecule has 1 rings (SSSR count). The van der Waals surface area contributed by atoms with Crippen LogP contribution in [0.15, 0.2) is 0 Å². The second-order valence-corrected chi connectivity index (χ2v) is 5.92. The molecule has 1 heterocycles. The zero-order valence-electron chi connectivity index (χ0n) is 10.3. The van der Waals surface area contributed by atoms with Crippen LogP contribution in [-0.4, -0.2) is 57.8 Å². The molecule has 0 spiro atoms. The van der Waals surface area contributed by atoms with E-state index >= 15 is 0 Å². The van der Waals surface area contributed by atoms with Crippen LogP contribution in [0.2, 0.25) is 0 Å². The maximum absolute atomic E-state index is 11.6.